The molecule has 0 radical (unpaired) electrons. The van der Waals surface area contributed by atoms with E-state index in [0.717, 1.165) is 5.56 Å². The Morgan fingerprint density at radius 3 is 2.45 bits per heavy atom. The number of rotatable bonds is 2. The highest BCUT2D eigenvalue weighted by Gasteiger charge is 2.96. The number of ether oxygens (including phenoxy) is 2. The molecule has 1 saturated heterocycles. The van der Waals surface area contributed by atoms with Crippen molar-refractivity contribution >= 4 is 5.84 Å². The molecule has 22 heavy (non-hydrogen) atoms. The second-order valence-electron chi connectivity index (χ2n) is 5.93. The molecule has 0 unspecified atom stereocenters. The Kier molecular flexibility index (Phi) is 2.45. The maximum Gasteiger partial charge on any atom is 0.343 e. The number of hydrogen-bond donors (Lipinski definition) is 2. The minimum absolute atomic E-state index is 0.253. The van der Waals surface area contributed by atoms with Crippen molar-refractivity contribution in [1.82, 2.24) is 0 Å². The summed E-state index contributed by atoms with van der Waals surface area (Å²) in [6, 6.07) is 14.4. The standard InChI is InChI=1S/C16H14N4O2/c17-9-14-12(8-11-4-2-1-3-5-11)15(14,10-18)16(20-13(14)19)21-6-7-22-16/h1-5,12H,6-8H2,(H2,19,20)/p+1/t12-,14+,15+/m0/s1. The third kappa shape index (κ3) is 1.20. The molecule has 1 aliphatic carbocycles. The van der Waals surface area contributed by atoms with Crippen LogP contribution in [0.2, 0.25) is 0 Å². The van der Waals surface area contributed by atoms with Gasteiger partial charge in [0.1, 0.15) is 0 Å². The summed E-state index contributed by atoms with van der Waals surface area (Å²) < 4.78 is 11.4. The van der Waals surface area contributed by atoms with Gasteiger partial charge in [-0.3, -0.25) is 5.73 Å². The number of amidine groups is 1. The number of benzene rings is 1. The second kappa shape index (κ2) is 4.07. The maximum atomic E-state index is 9.89. The van der Waals surface area contributed by atoms with Crippen molar-refractivity contribution in [3.8, 4) is 12.1 Å². The molecule has 3 atom stereocenters. The van der Waals surface area contributed by atoms with Crippen molar-refractivity contribution in [2.45, 2.75) is 12.3 Å². The summed E-state index contributed by atoms with van der Waals surface area (Å²) in [6.07, 6.45) is 0.582. The normalized spacial score (nSPS) is 37.2. The van der Waals surface area contributed by atoms with E-state index in [4.69, 9.17) is 15.2 Å². The van der Waals surface area contributed by atoms with E-state index in [1.54, 1.807) is 0 Å². The summed E-state index contributed by atoms with van der Waals surface area (Å²) in [7, 11) is 0. The zero-order valence-electron chi connectivity index (χ0n) is 11.9. The van der Waals surface area contributed by atoms with Crippen LogP contribution in [0.1, 0.15) is 5.56 Å². The summed E-state index contributed by atoms with van der Waals surface area (Å²) in [6.45, 7) is 0.756. The first-order valence-corrected chi connectivity index (χ1v) is 7.22. The fourth-order valence-electron chi connectivity index (χ4n) is 4.15. The van der Waals surface area contributed by atoms with Crippen LogP contribution in [0.25, 0.3) is 0 Å². The van der Waals surface area contributed by atoms with Crippen molar-refractivity contribution in [3.63, 3.8) is 0 Å². The summed E-state index contributed by atoms with van der Waals surface area (Å²) in [5.41, 5.74) is 4.99. The number of nitrogens with two attached hydrogens (primary N) is 1. The first-order chi connectivity index (χ1) is 10.7. The van der Waals surface area contributed by atoms with E-state index in [0.29, 0.717) is 19.6 Å². The average molecular weight is 295 g/mol. The van der Waals surface area contributed by atoms with Crippen molar-refractivity contribution in [1.29, 1.82) is 10.5 Å². The van der Waals surface area contributed by atoms with E-state index < -0.39 is 16.7 Å². The van der Waals surface area contributed by atoms with Crippen LogP contribution < -0.4 is 10.7 Å². The quantitative estimate of drug-likeness (QED) is 0.730. The SMILES string of the molecule is N#C[C@@]12C(N)=[NH+]C3(OCCO3)[C@]1(C#N)[C@H]2Cc1ccccc1. The number of hydrogen-bond acceptors (Lipinski definition) is 5. The van der Waals surface area contributed by atoms with Gasteiger partial charge in [0.05, 0.1) is 25.4 Å². The molecule has 0 aromatic heterocycles. The van der Waals surface area contributed by atoms with Crippen LogP contribution in [0.5, 0.6) is 0 Å². The number of nitriles is 2. The Labute approximate surface area is 127 Å². The topological polar surface area (TPSA) is 106 Å². The third-order valence-electron chi connectivity index (χ3n) is 5.16. The molecule has 2 aliphatic heterocycles. The zero-order chi connectivity index (χ0) is 15.4. The molecule has 110 valence electrons. The van der Waals surface area contributed by atoms with Gasteiger partial charge in [-0.25, -0.2) is 4.99 Å². The van der Waals surface area contributed by atoms with Crippen LogP contribution in [0.15, 0.2) is 30.3 Å². The van der Waals surface area contributed by atoms with Gasteiger partial charge in [0.15, 0.2) is 10.8 Å². The van der Waals surface area contributed by atoms with Gasteiger partial charge in [0.25, 0.3) is 5.84 Å². The summed E-state index contributed by atoms with van der Waals surface area (Å²) >= 11 is 0. The third-order valence-corrected chi connectivity index (χ3v) is 5.16. The molecule has 2 fully saturated rings. The lowest BCUT2D eigenvalue weighted by atomic mass is 9.94. The minimum Gasteiger partial charge on any atom is -0.311 e. The Morgan fingerprint density at radius 2 is 1.86 bits per heavy atom. The highest BCUT2D eigenvalue weighted by atomic mass is 16.8. The van der Waals surface area contributed by atoms with Crippen molar-refractivity contribution < 1.29 is 14.5 Å². The van der Waals surface area contributed by atoms with Crippen LogP contribution in [0.4, 0.5) is 0 Å². The van der Waals surface area contributed by atoms with Gasteiger partial charge in [-0.05, 0) is 12.0 Å². The predicted octanol–water partition coefficient (Wildman–Crippen LogP) is -0.969. The fraction of sp³-hybridized carbons (Fsp3) is 0.438. The lowest BCUT2D eigenvalue weighted by molar-refractivity contribution is -0.677. The van der Waals surface area contributed by atoms with Gasteiger partial charge in [-0.1, -0.05) is 30.3 Å². The van der Waals surface area contributed by atoms with Gasteiger partial charge >= 0.3 is 5.91 Å². The molecule has 3 aliphatic rings. The maximum absolute atomic E-state index is 9.89. The fourth-order valence-corrected chi connectivity index (χ4v) is 4.15. The largest absolute Gasteiger partial charge is 0.343 e. The molecule has 6 nitrogen and oxygen atoms in total. The van der Waals surface area contributed by atoms with Crippen LogP contribution in [-0.2, 0) is 15.9 Å². The van der Waals surface area contributed by atoms with E-state index in [9.17, 15) is 10.5 Å². The molecule has 1 aromatic rings. The molecule has 1 saturated carbocycles. The molecule has 1 spiro atoms. The summed E-state index contributed by atoms with van der Waals surface area (Å²) in [4.78, 5) is 2.93. The van der Waals surface area contributed by atoms with Crippen LogP contribution in [-0.4, -0.2) is 25.0 Å². The lowest BCUT2D eigenvalue weighted by Gasteiger charge is -2.23. The van der Waals surface area contributed by atoms with Crippen LogP contribution in [0, 0.1) is 39.4 Å². The van der Waals surface area contributed by atoms with E-state index >= 15 is 0 Å². The van der Waals surface area contributed by atoms with Gasteiger partial charge in [-0.15, -0.1) is 0 Å². The monoisotopic (exact) mass is 295 g/mol. The molecule has 0 bridgehead atoms. The molecular weight excluding hydrogens is 280 g/mol. The molecule has 2 heterocycles. The highest BCUT2D eigenvalue weighted by molar-refractivity contribution is 5.93. The Bertz CT molecular complexity index is 742. The first-order valence-electron chi connectivity index (χ1n) is 7.22. The summed E-state index contributed by atoms with van der Waals surface area (Å²) in [5, 5.41) is 19.7. The summed E-state index contributed by atoms with van der Waals surface area (Å²) in [5.74, 6) is -1.27. The second-order valence-corrected chi connectivity index (χ2v) is 5.93. The van der Waals surface area contributed by atoms with Crippen molar-refractivity contribution in [2.24, 2.45) is 22.5 Å². The van der Waals surface area contributed by atoms with E-state index in [2.05, 4.69) is 17.1 Å². The number of fused-ring (bicyclic) bond motifs is 2. The van der Waals surface area contributed by atoms with Crippen molar-refractivity contribution in [2.75, 3.05) is 13.2 Å². The first kappa shape index (κ1) is 13.3. The van der Waals surface area contributed by atoms with E-state index in [-0.39, 0.29) is 11.8 Å². The highest BCUT2D eigenvalue weighted by Crippen LogP contribution is 2.75. The lowest BCUT2D eigenvalue weighted by Crippen LogP contribution is -2.90. The Hall–Kier alpha value is -2.41. The smallest absolute Gasteiger partial charge is 0.311 e. The van der Waals surface area contributed by atoms with Gasteiger partial charge < -0.3 is 9.47 Å². The minimum atomic E-state index is -1.29. The number of nitrogens with zero attached hydrogens (tertiary/aromatic N) is 2. The molecule has 3 N–H and O–H groups in total. The zero-order valence-corrected chi connectivity index (χ0v) is 11.9. The average Bonchev–Trinajstić information content (AvgIpc) is 2.81. The van der Waals surface area contributed by atoms with Gasteiger partial charge in [0.2, 0.25) is 0 Å². The predicted molar refractivity (Wildman–Crippen MR) is 74.5 cm³/mol. The van der Waals surface area contributed by atoms with Gasteiger partial charge in [0, 0.05) is 5.92 Å². The molecular formula is C16H15N4O2+. The van der Waals surface area contributed by atoms with E-state index in [1.165, 1.54) is 0 Å². The molecule has 0 amide bonds. The van der Waals surface area contributed by atoms with Crippen molar-refractivity contribution in [3.05, 3.63) is 35.9 Å². The van der Waals surface area contributed by atoms with Crippen LogP contribution in [0.3, 0.4) is 0 Å². The molecule has 6 heteroatoms. The Balaban J connectivity index is 1.80. The van der Waals surface area contributed by atoms with Crippen LogP contribution >= 0.6 is 0 Å². The van der Waals surface area contributed by atoms with Gasteiger partial charge in [-0.2, -0.15) is 10.5 Å². The Morgan fingerprint density at radius 1 is 1.18 bits per heavy atom. The molecule has 1 aromatic carbocycles. The molecule has 4 rings (SSSR count). The van der Waals surface area contributed by atoms with E-state index in [1.807, 2.05) is 30.3 Å². The number of nitrogens with one attached hydrogen (secondary N) is 1.